The van der Waals surface area contributed by atoms with Crippen molar-refractivity contribution in [3.63, 3.8) is 0 Å². The summed E-state index contributed by atoms with van der Waals surface area (Å²) in [5.41, 5.74) is 0. The molecule has 82 valence electrons. The van der Waals surface area contributed by atoms with Gasteiger partial charge in [0.15, 0.2) is 0 Å². The minimum absolute atomic E-state index is 0.0482. The van der Waals surface area contributed by atoms with Gasteiger partial charge in [-0.15, -0.1) is 22.9 Å². The minimum atomic E-state index is 0.0482. The summed E-state index contributed by atoms with van der Waals surface area (Å²) in [6, 6.07) is 4.02. The first-order valence-electron chi connectivity index (χ1n) is 5.21. The average molecular weight is 244 g/mol. The summed E-state index contributed by atoms with van der Waals surface area (Å²) in [4.78, 5) is 12.6. The quantitative estimate of drug-likeness (QED) is 0.813. The number of thiophene rings is 1. The molecule has 0 spiro atoms. The van der Waals surface area contributed by atoms with Crippen molar-refractivity contribution in [3.05, 3.63) is 22.4 Å². The van der Waals surface area contributed by atoms with Crippen molar-refractivity contribution in [3.8, 4) is 0 Å². The smallest absolute Gasteiger partial charge is 0.261 e. The lowest BCUT2D eigenvalue weighted by Gasteiger charge is -2.18. The van der Waals surface area contributed by atoms with Gasteiger partial charge in [-0.3, -0.25) is 4.79 Å². The minimum Gasteiger partial charge on any atom is -0.348 e. The van der Waals surface area contributed by atoms with Crippen molar-refractivity contribution in [1.29, 1.82) is 0 Å². The summed E-state index contributed by atoms with van der Waals surface area (Å²) < 4.78 is 0. The summed E-state index contributed by atoms with van der Waals surface area (Å²) in [6.07, 6.45) is 3.38. The lowest BCUT2D eigenvalue weighted by molar-refractivity contribution is 0.0934. The number of amides is 1. The van der Waals surface area contributed by atoms with Crippen LogP contribution in [0.15, 0.2) is 17.5 Å². The first-order chi connectivity index (χ1) is 7.31. The number of nitrogens with one attached hydrogen (secondary N) is 1. The highest BCUT2D eigenvalue weighted by molar-refractivity contribution is 7.12. The molecule has 0 aromatic carbocycles. The predicted molar refractivity (Wildman–Crippen MR) is 63.6 cm³/mol. The van der Waals surface area contributed by atoms with Crippen LogP contribution < -0.4 is 5.32 Å². The normalized spacial score (nSPS) is 25.4. The zero-order chi connectivity index (χ0) is 10.7. The monoisotopic (exact) mass is 243 g/mol. The predicted octanol–water partition coefficient (Wildman–Crippen LogP) is 2.89. The third-order valence-electron chi connectivity index (χ3n) is 2.92. The van der Waals surface area contributed by atoms with Gasteiger partial charge in [0.2, 0.25) is 0 Å². The second-order valence-corrected chi connectivity index (χ2v) is 5.16. The summed E-state index contributed by atoms with van der Waals surface area (Å²) >= 11 is 7.34. The lowest BCUT2D eigenvalue weighted by Crippen LogP contribution is -2.37. The molecule has 0 saturated heterocycles. The van der Waals surface area contributed by atoms with Crippen molar-refractivity contribution in [2.45, 2.75) is 25.3 Å². The molecule has 1 amide bonds. The van der Waals surface area contributed by atoms with Crippen LogP contribution in [0.25, 0.3) is 0 Å². The third kappa shape index (κ3) is 2.52. The molecule has 1 saturated carbocycles. The highest BCUT2D eigenvalue weighted by atomic mass is 35.5. The third-order valence-corrected chi connectivity index (χ3v) is 4.18. The van der Waals surface area contributed by atoms with Crippen LogP contribution in [0, 0.1) is 5.92 Å². The van der Waals surface area contributed by atoms with Gasteiger partial charge in [0.05, 0.1) is 4.88 Å². The van der Waals surface area contributed by atoms with E-state index in [-0.39, 0.29) is 11.9 Å². The van der Waals surface area contributed by atoms with Crippen LogP contribution >= 0.6 is 22.9 Å². The first-order valence-corrected chi connectivity index (χ1v) is 6.63. The molecule has 1 N–H and O–H groups in total. The molecule has 1 heterocycles. The van der Waals surface area contributed by atoms with Crippen LogP contribution in [0.5, 0.6) is 0 Å². The van der Waals surface area contributed by atoms with Gasteiger partial charge in [0.25, 0.3) is 5.91 Å². The van der Waals surface area contributed by atoms with E-state index < -0.39 is 0 Å². The Labute approximate surface area is 98.6 Å². The molecule has 2 rings (SSSR count). The molecule has 1 aromatic heterocycles. The molecule has 2 atom stereocenters. The van der Waals surface area contributed by atoms with Gasteiger partial charge < -0.3 is 5.32 Å². The molecule has 1 aliphatic rings. The van der Waals surface area contributed by atoms with Crippen molar-refractivity contribution in [2.75, 3.05) is 5.88 Å². The molecule has 4 heteroatoms. The van der Waals surface area contributed by atoms with Crippen LogP contribution in [0.3, 0.4) is 0 Å². The number of carbonyl (C=O) groups is 1. The second-order valence-electron chi connectivity index (χ2n) is 3.90. The first kappa shape index (κ1) is 11.0. The Morgan fingerprint density at radius 2 is 2.47 bits per heavy atom. The molecular weight excluding hydrogens is 230 g/mol. The maximum Gasteiger partial charge on any atom is 0.261 e. The van der Waals surface area contributed by atoms with Crippen LogP contribution in [-0.4, -0.2) is 17.8 Å². The van der Waals surface area contributed by atoms with Crippen molar-refractivity contribution in [2.24, 2.45) is 5.92 Å². The molecule has 0 bridgehead atoms. The molecule has 0 radical (unpaired) electrons. The number of hydrogen-bond donors (Lipinski definition) is 1. The summed E-state index contributed by atoms with van der Waals surface area (Å²) in [7, 11) is 0. The van der Waals surface area contributed by atoms with E-state index in [1.54, 1.807) is 0 Å². The lowest BCUT2D eigenvalue weighted by atomic mass is 10.1. The SMILES string of the molecule is O=C(NC1CCCC1CCl)c1cccs1. The fraction of sp³-hybridized carbons (Fsp3) is 0.545. The zero-order valence-electron chi connectivity index (χ0n) is 8.41. The number of carbonyl (C=O) groups excluding carboxylic acids is 1. The maximum absolute atomic E-state index is 11.8. The Bertz CT molecular complexity index is 325. The molecule has 1 aliphatic carbocycles. The molecule has 1 aromatic rings. The number of hydrogen-bond acceptors (Lipinski definition) is 2. The van der Waals surface area contributed by atoms with Crippen molar-refractivity contribution in [1.82, 2.24) is 5.32 Å². The van der Waals surface area contributed by atoms with Gasteiger partial charge in [-0.2, -0.15) is 0 Å². The van der Waals surface area contributed by atoms with Crippen LogP contribution in [0.2, 0.25) is 0 Å². The molecule has 2 nitrogen and oxygen atoms in total. The maximum atomic E-state index is 11.8. The largest absolute Gasteiger partial charge is 0.348 e. The van der Waals surface area contributed by atoms with Crippen LogP contribution in [0.4, 0.5) is 0 Å². The molecule has 15 heavy (non-hydrogen) atoms. The molecule has 0 aliphatic heterocycles. The standard InChI is InChI=1S/C11H14ClNOS/c12-7-8-3-1-4-9(8)13-11(14)10-5-2-6-15-10/h2,5-6,8-9H,1,3-4,7H2,(H,13,14). The summed E-state index contributed by atoms with van der Waals surface area (Å²) in [5, 5.41) is 4.99. The van der Waals surface area contributed by atoms with Gasteiger partial charge in [-0.25, -0.2) is 0 Å². The van der Waals surface area contributed by atoms with Crippen molar-refractivity contribution >= 4 is 28.8 Å². The van der Waals surface area contributed by atoms with E-state index in [9.17, 15) is 4.79 Å². The fourth-order valence-electron chi connectivity index (χ4n) is 2.06. The van der Waals surface area contributed by atoms with E-state index in [4.69, 9.17) is 11.6 Å². The zero-order valence-corrected chi connectivity index (χ0v) is 9.98. The van der Waals surface area contributed by atoms with Crippen LogP contribution in [0.1, 0.15) is 28.9 Å². The van der Waals surface area contributed by atoms with E-state index in [1.807, 2.05) is 17.5 Å². The van der Waals surface area contributed by atoms with E-state index in [0.717, 1.165) is 17.7 Å². The van der Waals surface area contributed by atoms with Gasteiger partial charge in [0.1, 0.15) is 0 Å². The Morgan fingerprint density at radius 1 is 1.60 bits per heavy atom. The van der Waals surface area contributed by atoms with Gasteiger partial charge >= 0.3 is 0 Å². The van der Waals surface area contributed by atoms with Gasteiger partial charge in [-0.05, 0) is 30.2 Å². The molecular formula is C11H14ClNOS. The number of rotatable bonds is 3. The topological polar surface area (TPSA) is 29.1 Å². The number of halogens is 1. The van der Waals surface area contributed by atoms with Crippen LogP contribution in [-0.2, 0) is 0 Å². The second kappa shape index (κ2) is 4.99. The Balaban J connectivity index is 1.94. The van der Waals surface area contributed by atoms with E-state index in [1.165, 1.54) is 17.8 Å². The number of alkyl halides is 1. The highest BCUT2D eigenvalue weighted by Gasteiger charge is 2.28. The van der Waals surface area contributed by atoms with E-state index in [0.29, 0.717) is 11.8 Å². The molecule has 1 fully saturated rings. The van der Waals surface area contributed by atoms with Crippen molar-refractivity contribution < 1.29 is 4.79 Å². The van der Waals surface area contributed by atoms with Gasteiger partial charge in [-0.1, -0.05) is 12.5 Å². The fourth-order valence-corrected chi connectivity index (χ4v) is 3.06. The summed E-state index contributed by atoms with van der Waals surface area (Å²) in [5.74, 6) is 1.15. The Hall–Kier alpha value is -0.540. The summed E-state index contributed by atoms with van der Waals surface area (Å²) in [6.45, 7) is 0. The van der Waals surface area contributed by atoms with E-state index in [2.05, 4.69) is 5.32 Å². The molecule has 2 unspecified atom stereocenters. The van der Waals surface area contributed by atoms with Gasteiger partial charge in [0, 0.05) is 11.9 Å². The Kier molecular flexibility index (Phi) is 3.65. The Morgan fingerprint density at radius 3 is 3.13 bits per heavy atom. The average Bonchev–Trinajstić information content (AvgIpc) is 2.87. The van der Waals surface area contributed by atoms with E-state index >= 15 is 0 Å². The highest BCUT2D eigenvalue weighted by Crippen LogP contribution is 2.27.